The predicted octanol–water partition coefficient (Wildman–Crippen LogP) is 0.0588. The lowest BCUT2D eigenvalue weighted by atomic mass is 10.5. The van der Waals surface area contributed by atoms with E-state index in [4.69, 9.17) is 9.84 Å². The van der Waals surface area contributed by atoms with Crippen LogP contribution in [0.15, 0.2) is 6.20 Å². The van der Waals surface area contributed by atoms with Gasteiger partial charge in [-0.1, -0.05) is 0 Å². The molecule has 0 radical (unpaired) electrons. The van der Waals surface area contributed by atoms with Gasteiger partial charge < -0.3 is 14.4 Å². The highest BCUT2D eigenvalue weighted by molar-refractivity contribution is 5.02. The molecular formula is C7H12N2O2. The van der Waals surface area contributed by atoms with Gasteiger partial charge in [0.25, 0.3) is 0 Å². The zero-order valence-corrected chi connectivity index (χ0v) is 6.74. The van der Waals surface area contributed by atoms with Gasteiger partial charge in [0.15, 0.2) is 0 Å². The first-order valence-electron chi connectivity index (χ1n) is 3.39. The molecular weight excluding hydrogens is 144 g/mol. The van der Waals surface area contributed by atoms with Crippen molar-refractivity contribution in [3.05, 3.63) is 17.7 Å². The molecule has 0 amide bonds. The first kappa shape index (κ1) is 8.23. The lowest BCUT2D eigenvalue weighted by Gasteiger charge is -2.01. The molecule has 62 valence electrons. The fourth-order valence-corrected chi connectivity index (χ4v) is 0.898. The van der Waals surface area contributed by atoms with Gasteiger partial charge in [-0.05, 0) is 0 Å². The van der Waals surface area contributed by atoms with E-state index >= 15 is 0 Å². The van der Waals surface area contributed by atoms with Crippen molar-refractivity contribution in [3.63, 3.8) is 0 Å². The van der Waals surface area contributed by atoms with Gasteiger partial charge in [-0.25, -0.2) is 4.98 Å². The van der Waals surface area contributed by atoms with Gasteiger partial charge in [0.05, 0.1) is 18.5 Å². The summed E-state index contributed by atoms with van der Waals surface area (Å²) >= 11 is 0. The normalized spacial score (nSPS) is 10.5. The van der Waals surface area contributed by atoms with Gasteiger partial charge in [-0.3, -0.25) is 0 Å². The molecule has 0 saturated carbocycles. The molecule has 0 fully saturated rings. The Morgan fingerprint density at radius 2 is 2.45 bits per heavy atom. The number of hydrogen-bond acceptors (Lipinski definition) is 3. The number of imidazole rings is 1. The Morgan fingerprint density at radius 3 is 2.91 bits per heavy atom. The third-order valence-electron chi connectivity index (χ3n) is 1.62. The van der Waals surface area contributed by atoms with Crippen molar-refractivity contribution in [1.29, 1.82) is 0 Å². The van der Waals surface area contributed by atoms with E-state index in [2.05, 4.69) is 4.98 Å². The molecule has 4 nitrogen and oxygen atoms in total. The van der Waals surface area contributed by atoms with Gasteiger partial charge in [-0.2, -0.15) is 0 Å². The van der Waals surface area contributed by atoms with E-state index in [9.17, 15) is 0 Å². The van der Waals surface area contributed by atoms with Gasteiger partial charge in [0, 0.05) is 14.2 Å². The summed E-state index contributed by atoms with van der Waals surface area (Å²) < 4.78 is 6.72. The summed E-state index contributed by atoms with van der Waals surface area (Å²) in [6.07, 6.45) is 1.65. The van der Waals surface area contributed by atoms with Gasteiger partial charge in [0.2, 0.25) is 0 Å². The summed E-state index contributed by atoms with van der Waals surface area (Å²) in [6.45, 7) is 0.504. The quantitative estimate of drug-likeness (QED) is 0.673. The first-order valence-corrected chi connectivity index (χ1v) is 3.39. The minimum absolute atomic E-state index is 0.0210. The second kappa shape index (κ2) is 3.50. The number of methoxy groups -OCH3 is 1. The second-order valence-electron chi connectivity index (χ2n) is 2.32. The number of ether oxygens (including phenoxy) is 1. The third kappa shape index (κ3) is 1.58. The predicted molar refractivity (Wildman–Crippen MR) is 39.8 cm³/mol. The molecule has 0 aliphatic carbocycles. The molecule has 0 unspecified atom stereocenters. The monoisotopic (exact) mass is 156 g/mol. The molecule has 11 heavy (non-hydrogen) atoms. The molecule has 0 atom stereocenters. The van der Waals surface area contributed by atoms with Crippen LogP contribution in [0.25, 0.3) is 0 Å². The molecule has 0 aliphatic rings. The second-order valence-corrected chi connectivity index (χ2v) is 2.32. The maximum atomic E-state index is 8.80. The van der Waals surface area contributed by atoms with E-state index in [0.29, 0.717) is 6.61 Å². The number of hydrogen-bond donors (Lipinski definition) is 1. The number of aromatic nitrogens is 2. The highest BCUT2D eigenvalue weighted by Crippen LogP contribution is 2.03. The van der Waals surface area contributed by atoms with Crippen molar-refractivity contribution in [2.24, 2.45) is 7.05 Å². The Hall–Kier alpha value is -0.870. The van der Waals surface area contributed by atoms with Crippen LogP contribution in [0, 0.1) is 0 Å². The topological polar surface area (TPSA) is 47.3 Å². The fourth-order valence-electron chi connectivity index (χ4n) is 0.898. The van der Waals surface area contributed by atoms with Crippen molar-refractivity contribution < 1.29 is 9.84 Å². The number of nitrogens with zero attached hydrogens (tertiary/aromatic N) is 2. The van der Waals surface area contributed by atoms with Crippen molar-refractivity contribution in [1.82, 2.24) is 9.55 Å². The zero-order chi connectivity index (χ0) is 8.27. The van der Waals surface area contributed by atoms with Crippen LogP contribution in [0.2, 0.25) is 0 Å². The van der Waals surface area contributed by atoms with E-state index in [1.54, 1.807) is 13.3 Å². The molecule has 0 spiro atoms. The van der Waals surface area contributed by atoms with Crippen LogP contribution >= 0.6 is 0 Å². The Morgan fingerprint density at radius 1 is 1.73 bits per heavy atom. The van der Waals surface area contributed by atoms with E-state index < -0.39 is 0 Å². The van der Waals surface area contributed by atoms with Crippen LogP contribution in [-0.4, -0.2) is 21.8 Å². The van der Waals surface area contributed by atoms with Crippen LogP contribution in [-0.2, 0) is 25.0 Å². The smallest absolute Gasteiger partial charge is 0.134 e. The van der Waals surface area contributed by atoms with Crippen LogP contribution in [0.1, 0.15) is 11.5 Å². The molecule has 0 aliphatic heterocycles. The van der Waals surface area contributed by atoms with E-state index in [-0.39, 0.29) is 6.61 Å². The molecule has 1 heterocycles. The molecule has 0 bridgehead atoms. The standard InChI is InChI=1S/C7H12N2O2/c1-9-6(4-10)3-8-7(9)5-11-2/h3,10H,4-5H2,1-2H3. The summed E-state index contributed by atoms with van der Waals surface area (Å²) in [5, 5.41) is 8.80. The van der Waals surface area contributed by atoms with E-state index in [1.807, 2.05) is 11.6 Å². The van der Waals surface area contributed by atoms with Crippen molar-refractivity contribution in [3.8, 4) is 0 Å². The van der Waals surface area contributed by atoms with Crippen LogP contribution in [0.3, 0.4) is 0 Å². The lowest BCUT2D eigenvalue weighted by molar-refractivity contribution is 0.174. The molecule has 1 rings (SSSR count). The third-order valence-corrected chi connectivity index (χ3v) is 1.62. The number of aliphatic hydroxyl groups excluding tert-OH is 1. The van der Waals surface area contributed by atoms with E-state index in [1.165, 1.54) is 0 Å². The molecule has 1 N–H and O–H groups in total. The van der Waals surface area contributed by atoms with Crippen molar-refractivity contribution >= 4 is 0 Å². The minimum atomic E-state index is 0.0210. The lowest BCUT2D eigenvalue weighted by Crippen LogP contribution is -2.02. The first-order chi connectivity index (χ1) is 5.29. The number of rotatable bonds is 3. The molecule has 1 aromatic rings. The minimum Gasteiger partial charge on any atom is -0.390 e. The maximum Gasteiger partial charge on any atom is 0.134 e. The molecule has 0 saturated heterocycles. The zero-order valence-electron chi connectivity index (χ0n) is 6.74. The fraction of sp³-hybridized carbons (Fsp3) is 0.571. The summed E-state index contributed by atoms with van der Waals surface area (Å²) in [7, 11) is 3.47. The SMILES string of the molecule is COCc1ncc(CO)n1C. The van der Waals surface area contributed by atoms with Crippen LogP contribution < -0.4 is 0 Å². The highest BCUT2D eigenvalue weighted by Gasteiger charge is 2.03. The Balaban J connectivity index is 2.82. The molecule has 0 aromatic carbocycles. The molecule has 4 heteroatoms. The van der Waals surface area contributed by atoms with Crippen molar-refractivity contribution in [2.45, 2.75) is 13.2 Å². The highest BCUT2D eigenvalue weighted by atomic mass is 16.5. The van der Waals surface area contributed by atoms with Gasteiger partial charge >= 0.3 is 0 Å². The molecule has 1 aromatic heterocycles. The van der Waals surface area contributed by atoms with Crippen molar-refractivity contribution in [2.75, 3.05) is 7.11 Å². The Kier molecular flexibility index (Phi) is 2.62. The van der Waals surface area contributed by atoms with E-state index in [0.717, 1.165) is 11.5 Å². The Bertz CT molecular complexity index is 232. The van der Waals surface area contributed by atoms with Crippen LogP contribution in [0.4, 0.5) is 0 Å². The van der Waals surface area contributed by atoms with Gasteiger partial charge in [-0.15, -0.1) is 0 Å². The summed E-state index contributed by atoms with van der Waals surface area (Å²) in [5.41, 5.74) is 0.803. The number of aliphatic hydroxyl groups is 1. The largest absolute Gasteiger partial charge is 0.390 e. The average molecular weight is 156 g/mol. The van der Waals surface area contributed by atoms with Gasteiger partial charge in [0.1, 0.15) is 12.4 Å². The summed E-state index contributed by atoms with van der Waals surface area (Å²) in [6, 6.07) is 0. The summed E-state index contributed by atoms with van der Waals surface area (Å²) in [5.74, 6) is 0.830. The average Bonchev–Trinajstić information content (AvgIpc) is 2.34. The van der Waals surface area contributed by atoms with Crippen LogP contribution in [0.5, 0.6) is 0 Å². The Labute approximate surface area is 65.4 Å². The maximum absolute atomic E-state index is 8.80. The summed E-state index contributed by atoms with van der Waals surface area (Å²) in [4.78, 5) is 4.05.